The van der Waals surface area contributed by atoms with Crippen molar-refractivity contribution < 1.29 is 22.6 Å². The van der Waals surface area contributed by atoms with E-state index >= 15 is 0 Å². The Bertz CT molecular complexity index is 779. The van der Waals surface area contributed by atoms with Crippen molar-refractivity contribution >= 4 is 9.84 Å². The standard InChI is InChI=1S/C17H24N2O5S/c1-18(2)13-9-25(20,21)17-8-19(7-12(13)17)6-11-4-15-16(24-10-23-15)5-14(11)22-3/h4-5,12-13,17H,6-10H2,1-3H3/t12-,13+,17-/m0/s1. The first kappa shape index (κ1) is 16.9. The molecular weight excluding hydrogens is 344 g/mol. The lowest BCUT2D eigenvalue weighted by Gasteiger charge is -2.25. The number of nitrogens with zero attached hydrogens (tertiary/aromatic N) is 2. The Morgan fingerprint density at radius 3 is 2.64 bits per heavy atom. The third-order valence-corrected chi connectivity index (χ3v) is 7.80. The Hall–Kier alpha value is -1.51. The van der Waals surface area contributed by atoms with Crippen LogP contribution in [0, 0.1) is 5.92 Å². The van der Waals surface area contributed by atoms with E-state index in [2.05, 4.69) is 4.90 Å². The Kier molecular flexibility index (Phi) is 4.09. The quantitative estimate of drug-likeness (QED) is 0.770. The highest BCUT2D eigenvalue weighted by molar-refractivity contribution is 7.92. The number of rotatable bonds is 4. The topological polar surface area (TPSA) is 68.3 Å². The molecule has 2 saturated heterocycles. The van der Waals surface area contributed by atoms with Crippen LogP contribution in [0.2, 0.25) is 0 Å². The zero-order valence-corrected chi connectivity index (χ0v) is 15.6. The van der Waals surface area contributed by atoms with Crippen LogP contribution in [0.3, 0.4) is 0 Å². The molecule has 1 aromatic carbocycles. The summed E-state index contributed by atoms with van der Waals surface area (Å²) in [5.41, 5.74) is 0.991. The van der Waals surface area contributed by atoms with Gasteiger partial charge in [0.25, 0.3) is 0 Å². The Morgan fingerprint density at radius 1 is 1.24 bits per heavy atom. The Balaban J connectivity index is 1.56. The molecule has 1 aromatic rings. The highest BCUT2D eigenvalue weighted by Crippen LogP contribution is 2.40. The zero-order chi connectivity index (χ0) is 17.8. The van der Waals surface area contributed by atoms with E-state index in [-0.39, 0.29) is 29.8 Å². The molecular formula is C17H24N2O5S. The van der Waals surface area contributed by atoms with Crippen LogP contribution in [0.4, 0.5) is 0 Å². The maximum atomic E-state index is 12.5. The van der Waals surface area contributed by atoms with Crippen molar-refractivity contribution in [1.29, 1.82) is 0 Å². The van der Waals surface area contributed by atoms with Crippen LogP contribution < -0.4 is 14.2 Å². The molecule has 3 aliphatic rings. The normalized spacial score (nSPS) is 30.0. The fourth-order valence-electron chi connectivity index (χ4n) is 4.30. The fourth-order valence-corrected chi connectivity index (χ4v) is 6.80. The molecule has 2 fully saturated rings. The average Bonchev–Trinajstić information content (AvgIpc) is 3.22. The lowest BCUT2D eigenvalue weighted by Crippen LogP contribution is -2.37. The van der Waals surface area contributed by atoms with Crippen LogP contribution in [-0.2, 0) is 16.4 Å². The number of ether oxygens (including phenoxy) is 3. The van der Waals surface area contributed by atoms with Crippen LogP contribution in [0.1, 0.15) is 5.56 Å². The van der Waals surface area contributed by atoms with Gasteiger partial charge in [0.1, 0.15) is 5.75 Å². The van der Waals surface area contributed by atoms with E-state index in [1.807, 2.05) is 31.1 Å². The van der Waals surface area contributed by atoms with Gasteiger partial charge in [0.2, 0.25) is 6.79 Å². The van der Waals surface area contributed by atoms with E-state index in [4.69, 9.17) is 14.2 Å². The van der Waals surface area contributed by atoms with Gasteiger partial charge >= 0.3 is 0 Å². The Morgan fingerprint density at radius 2 is 1.96 bits per heavy atom. The first-order chi connectivity index (χ1) is 11.9. The van der Waals surface area contributed by atoms with Crippen LogP contribution in [0.15, 0.2) is 12.1 Å². The van der Waals surface area contributed by atoms with Gasteiger partial charge in [0, 0.05) is 43.2 Å². The number of likely N-dealkylation sites (tertiary alicyclic amines) is 1. The molecule has 0 radical (unpaired) electrons. The molecule has 7 nitrogen and oxygen atoms in total. The maximum absolute atomic E-state index is 12.5. The smallest absolute Gasteiger partial charge is 0.231 e. The number of sulfone groups is 1. The summed E-state index contributed by atoms with van der Waals surface area (Å²) in [6.07, 6.45) is 0. The van der Waals surface area contributed by atoms with Crippen LogP contribution in [0.5, 0.6) is 17.2 Å². The summed E-state index contributed by atoms with van der Waals surface area (Å²) in [5.74, 6) is 2.59. The van der Waals surface area contributed by atoms with Gasteiger partial charge in [0.05, 0.1) is 18.1 Å². The molecule has 0 amide bonds. The van der Waals surface area contributed by atoms with Crippen molar-refractivity contribution in [3.05, 3.63) is 17.7 Å². The monoisotopic (exact) mass is 368 g/mol. The number of benzene rings is 1. The fraction of sp³-hybridized carbons (Fsp3) is 0.647. The van der Waals surface area contributed by atoms with Crippen molar-refractivity contribution in [3.63, 3.8) is 0 Å². The molecule has 3 atom stereocenters. The SMILES string of the molecule is COc1cc2c(cc1CN1C[C@H]3[C@H](N(C)C)CS(=O)(=O)[C@H]3C1)OCO2. The predicted octanol–water partition coefficient (Wildman–Crippen LogP) is 0.583. The summed E-state index contributed by atoms with van der Waals surface area (Å²) >= 11 is 0. The molecule has 8 heteroatoms. The average molecular weight is 368 g/mol. The molecule has 25 heavy (non-hydrogen) atoms. The molecule has 0 spiro atoms. The first-order valence-corrected chi connectivity index (χ1v) is 10.2. The van der Waals surface area contributed by atoms with E-state index in [0.29, 0.717) is 24.6 Å². The molecule has 3 heterocycles. The highest BCUT2D eigenvalue weighted by atomic mass is 32.2. The molecule has 4 rings (SSSR count). The van der Waals surface area contributed by atoms with Gasteiger partial charge in [-0.05, 0) is 20.2 Å². The van der Waals surface area contributed by atoms with E-state index in [1.54, 1.807) is 7.11 Å². The molecule has 0 unspecified atom stereocenters. The lowest BCUT2D eigenvalue weighted by molar-refractivity contribution is 0.173. The van der Waals surface area contributed by atoms with Crippen molar-refractivity contribution in [2.75, 3.05) is 46.8 Å². The summed E-state index contributed by atoms with van der Waals surface area (Å²) in [6.45, 7) is 2.22. The first-order valence-electron chi connectivity index (χ1n) is 8.46. The molecule has 0 bridgehead atoms. The van der Waals surface area contributed by atoms with E-state index in [0.717, 1.165) is 17.9 Å². The summed E-state index contributed by atoms with van der Waals surface area (Å²) < 4.78 is 41.4. The summed E-state index contributed by atoms with van der Waals surface area (Å²) in [4.78, 5) is 4.26. The maximum Gasteiger partial charge on any atom is 0.231 e. The van der Waals surface area contributed by atoms with E-state index in [1.165, 1.54) is 0 Å². The number of methoxy groups -OCH3 is 1. The minimum absolute atomic E-state index is 0.0960. The molecule has 138 valence electrons. The minimum atomic E-state index is -3.03. The van der Waals surface area contributed by atoms with Crippen molar-refractivity contribution in [2.45, 2.75) is 17.8 Å². The molecule has 0 saturated carbocycles. The van der Waals surface area contributed by atoms with Gasteiger partial charge in [-0.25, -0.2) is 8.42 Å². The lowest BCUT2D eigenvalue weighted by atomic mass is 10.00. The molecule has 0 N–H and O–H groups in total. The number of hydrogen-bond acceptors (Lipinski definition) is 7. The predicted molar refractivity (Wildman–Crippen MR) is 92.9 cm³/mol. The Labute approximate surface area is 148 Å². The second kappa shape index (κ2) is 6.03. The van der Waals surface area contributed by atoms with Crippen molar-refractivity contribution in [1.82, 2.24) is 9.80 Å². The van der Waals surface area contributed by atoms with Gasteiger partial charge < -0.3 is 19.1 Å². The van der Waals surface area contributed by atoms with Gasteiger partial charge in [-0.1, -0.05) is 0 Å². The van der Waals surface area contributed by atoms with Gasteiger partial charge in [0.15, 0.2) is 21.3 Å². The number of hydrogen-bond donors (Lipinski definition) is 0. The minimum Gasteiger partial charge on any atom is -0.496 e. The summed E-state index contributed by atoms with van der Waals surface area (Å²) in [6, 6.07) is 3.87. The van der Waals surface area contributed by atoms with Crippen LogP contribution in [-0.4, -0.2) is 76.3 Å². The molecule has 3 aliphatic heterocycles. The zero-order valence-electron chi connectivity index (χ0n) is 14.8. The molecule has 0 aliphatic carbocycles. The van der Waals surface area contributed by atoms with Gasteiger partial charge in [-0.3, -0.25) is 4.90 Å². The second-order valence-electron chi connectivity index (χ2n) is 7.27. The number of fused-ring (bicyclic) bond motifs is 2. The van der Waals surface area contributed by atoms with E-state index in [9.17, 15) is 8.42 Å². The second-order valence-corrected chi connectivity index (χ2v) is 9.54. The van der Waals surface area contributed by atoms with Crippen molar-refractivity contribution in [2.24, 2.45) is 5.92 Å². The van der Waals surface area contributed by atoms with Crippen molar-refractivity contribution in [3.8, 4) is 17.2 Å². The third-order valence-electron chi connectivity index (χ3n) is 5.58. The third kappa shape index (κ3) is 2.86. The van der Waals surface area contributed by atoms with Gasteiger partial charge in [-0.15, -0.1) is 0 Å². The summed E-state index contributed by atoms with van der Waals surface area (Å²) in [5, 5.41) is -0.264. The van der Waals surface area contributed by atoms with Crippen LogP contribution >= 0.6 is 0 Å². The summed E-state index contributed by atoms with van der Waals surface area (Å²) in [7, 11) is 2.53. The van der Waals surface area contributed by atoms with Crippen LogP contribution in [0.25, 0.3) is 0 Å². The van der Waals surface area contributed by atoms with Gasteiger partial charge in [-0.2, -0.15) is 0 Å². The molecule has 0 aromatic heterocycles. The van der Waals surface area contributed by atoms with E-state index < -0.39 is 9.84 Å². The highest BCUT2D eigenvalue weighted by Gasteiger charge is 2.52. The largest absolute Gasteiger partial charge is 0.496 e.